The smallest absolute Gasteiger partial charge is 0.234 e. The van der Waals surface area contributed by atoms with Gasteiger partial charge in [-0.1, -0.05) is 48.5 Å². The molecule has 1 aliphatic heterocycles. The summed E-state index contributed by atoms with van der Waals surface area (Å²) in [6, 6.07) is 16.8. The predicted molar refractivity (Wildman–Crippen MR) is 96.4 cm³/mol. The van der Waals surface area contributed by atoms with E-state index < -0.39 is 0 Å². The average Bonchev–Trinajstić information content (AvgIpc) is 3.04. The normalized spacial score (nSPS) is 20.6. The average molecular weight is 341 g/mol. The first-order chi connectivity index (χ1) is 12.2. The molecule has 1 heterocycles. The summed E-state index contributed by atoms with van der Waals surface area (Å²) in [4.78, 5) is 14.3. The fourth-order valence-corrected chi connectivity index (χ4v) is 3.50. The number of nitrogens with two attached hydrogens (primary N) is 1. The fraction of sp³-hybridized carbons (Fsp3) is 0.350. The summed E-state index contributed by atoms with van der Waals surface area (Å²) in [6.07, 6.45) is 0. The Morgan fingerprint density at radius 3 is 2.56 bits per heavy atom. The van der Waals surface area contributed by atoms with Crippen LogP contribution < -0.4 is 11.1 Å². The molecule has 0 spiro atoms. The summed E-state index contributed by atoms with van der Waals surface area (Å²) in [6.45, 7) is 2.76. The minimum absolute atomic E-state index is 0.0901. The number of carbonyl (C=O) groups is 1. The Kier molecular flexibility index (Phi) is 5.79. The molecule has 5 heteroatoms. The maximum absolute atomic E-state index is 13.6. The van der Waals surface area contributed by atoms with Crippen molar-refractivity contribution in [3.8, 4) is 0 Å². The lowest BCUT2D eigenvalue weighted by atomic mass is 9.89. The second kappa shape index (κ2) is 8.23. The van der Waals surface area contributed by atoms with Gasteiger partial charge in [-0.15, -0.1) is 0 Å². The summed E-state index contributed by atoms with van der Waals surface area (Å²) in [7, 11) is 0. The Bertz CT molecular complexity index is 707. The highest BCUT2D eigenvalue weighted by atomic mass is 19.1. The summed E-state index contributed by atoms with van der Waals surface area (Å²) in [5.41, 5.74) is 7.71. The van der Waals surface area contributed by atoms with Crippen LogP contribution in [0.2, 0.25) is 0 Å². The van der Waals surface area contributed by atoms with Crippen molar-refractivity contribution >= 4 is 5.91 Å². The summed E-state index contributed by atoms with van der Waals surface area (Å²) >= 11 is 0. The van der Waals surface area contributed by atoms with Gasteiger partial charge in [-0.25, -0.2) is 4.39 Å². The second-order valence-corrected chi connectivity index (χ2v) is 6.58. The van der Waals surface area contributed by atoms with E-state index in [9.17, 15) is 9.18 Å². The van der Waals surface area contributed by atoms with Crippen LogP contribution in [-0.4, -0.2) is 37.0 Å². The quantitative estimate of drug-likeness (QED) is 0.846. The lowest BCUT2D eigenvalue weighted by Gasteiger charge is -2.16. The van der Waals surface area contributed by atoms with Gasteiger partial charge in [0.1, 0.15) is 5.82 Å². The van der Waals surface area contributed by atoms with Gasteiger partial charge < -0.3 is 11.1 Å². The number of nitrogens with zero attached hydrogens (tertiary/aromatic N) is 1. The fourth-order valence-electron chi connectivity index (χ4n) is 3.50. The van der Waals surface area contributed by atoms with E-state index in [1.807, 2.05) is 18.2 Å². The molecular formula is C20H24FN3O. The van der Waals surface area contributed by atoms with Crippen molar-refractivity contribution in [2.45, 2.75) is 12.5 Å². The van der Waals surface area contributed by atoms with Crippen molar-refractivity contribution in [3.63, 3.8) is 0 Å². The Hall–Kier alpha value is -2.24. The number of halogens is 1. The highest BCUT2D eigenvalue weighted by Crippen LogP contribution is 2.31. The Morgan fingerprint density at radius 2 is 1.84 bits per heavy atom. The van der Waals surface area contributed by atoms with Crippen molar-refractivity contribution in [1.29, 1.82) is 0 Å². The van der Waals surface area contributed by atoms with E-state index in [1.54, 1.807) is 18.2 Å². The third kappa shape index (κ3) is 4.44. The molecule has 0 aliphatic carbocycles. The number of hydrogen-bond acceptors (Lipinski definition) is 3. The molecular weight excluding hydrogens is 317 g/mol. The minimum atomic E-state index is -0.295. The van der Waals surface area contributed by atoms with E-state index in [0.29, 0.717) is 30.5 Å². The molecule has 3 N–H and O–H groups in total. The van der Waals surface area contributed by atoms with Crippen LogP contribution in [0.25, 0.3) is 0 Å². The van der Waals surface area contributed by atoms with E-state index in [2.05, 4.69) is 22.3 Å². The molecule has 2 atom stereocenters. The van der Waals surface area contributed by atoms with Crippen molar-refractivity contribution in [2.24, 2.45) is 11.7 Å². The Morgan fingerprint density at radius 1 is 1.12 bits per heavy atom. The van der Waals surface area contributed by atoms with Crippen LogP contribution in [0.5, 0.6) is 0 Å². The van der Waals surface area contributed by atoms with Crippen molar-refractivity contribution in [3.05, 3.63) is 71.5 Å². The monoisotopic (exact) mass is 341 g/mol. The van der Waals surface area contributed by atoms with E-state index in [1.165, 1.54) is 11.6 Å². The van der Waals surface area contributed by atoms with Crippen LogP contribution in [0, 0.1) is 11.7 Å². The summed E-state index contributed by atoms with van der Waals surface area (Å²) < 4.78 is 13.6. The number of hydrogen-bond donors (Lipinski definition) is 2. The number of carbonyl (C=O) groups excluding carboxylic acids is 1. The van der Waals surface area contributed by atoms with Crippen LogP contribution in [0.15, 0.2) is 54.6 Å². The molecule has 132 valence electrons. The minimum Gasteiger partial charge on any atom is -0.351 e. The maximum Gasteiger partial charge on any atom is 0.234 e. The zero-order valence-electron chi connectivity index (χ0n) is 14.2. The Balaban J connectivity index is 1.54. The third-order valence-corrected chi connectivity index (χ3v) is 4.85. The van der Waals surface area contributed by atoms with Gasteiger partial charge >= 0.3 is 0 Å². The van der Waals surface area contributed by atoms with Gasteiger partial charge in [0.2, 0.25) is 5.91 Å². The SMILES string of the molecule is NC[C@@H]1CN(CC(=O)NCc2ccccc2F)C[C@H]1c1ccccc1. The van der Waals surface area contributed by atoms with E-state index >= 15 is 0 Å². The molecule has 0 saturated carbocycles. The first kappa shape index (κ1) is 17.6. The van der Waals surface area contributed by atoms with Crippen LogP contribution in [0.4, 0.5) is 4.39 Å². The highest BCUT2D eigenvalue weighted by molar-refractivity contribution is 5.78. The van der Waals surface area contributed by atoms with Crippen molar-refractivity contribution in [1.82, 2.24) is 10.2 Å². The molecule has 3 rings (SSSR count). The molecule has 1 aliphatic rings. The number of likely N-dealkylation sites (tertiary alicyclic amines) is 1. The van der Waals surface area contributed by atoms with Gasteiger partial charge in [-0.3, -0.25) is 9.69 Å². The van der Waals surface area contributed by atoms with E-state index in [0.717, 1.165) is 13.1 Å². The van der Waals surface area contributed by atoms with Gasteiger partial charge in [0.15, 0.2) is 0 Å². The van der Waals surface area contributed by atoms with Crippen LogP contribution in [-0.2, 0) is 11.3 Å². The third-order valence-electron chi connectivity index (χ3n) is 4.85. The van der Waals surface area contributed by atoms with Gasteiger partial charge in [-0.05, 0) is 24.1 Å². The molecule has 0 aromatic heterocycles. The molecule has 1 amide bonds. The van der Waals surface area contributed by atoms with Crippen molar-refractivity contribution in [2.75, 3.05) is 26.2 Å². The standard InChI is InChI=1S/C20H24FN3O/c21-19-9-5-4-8-16(19)11-23-20(25)14-24-12-17(10-22)18(13-24)15-6-2-1-3-7-15/h1-9,17-18H,10-14,22H2,(H,23,25)/t17-,18+/m1/s1. The van der Waals surface area contributed by atoms with Gasteiger partial charge in [0, 0.05) is 31.1 Å². The summed E-state index contributed by atoms with van der Waals surface area (Å²) in [5, 5.41) is 2.80. The van der Waals surface area contributed by atoms with E-state index in [-0.39, 0.29) is 18.3 Å². The molecule has 0 bridgehead atoms. The zero-order valence-corrected chi connectivity index (χ0v) is 14.2. The molecule has 0 radical (unpaired) electrons. The number of nitrogens with one attached hydrogen (secondary N) is 1. The maximum atomic E-state index is 13.6. The van der Waals surface area contributed by atoms with Crippen LogP contribution >= 0.6 is 0 Å². The first-order valence-corrected chi connectivity index (χ1v) is 8.65. The predicted octanol–water partition coefficient (Wildman–Crippen LogP) is 2.12. The van der Waals surface area contributed by atoms with Crippen molar-refractivity contribution < 1.29 is 9.18 Å². The number of amides is 1. The van der Waals surface area contributed by atoms with Crippen LogP contribution in [0.1, 0.15) is 17.0 Å². The Labute approximate surface area is 147 Å². The van der Waals surface area contributed by atoms with Gasteiger partial charge in [-0.2, -0.15) is 0 Å². The molecule has 1 fully saturated rings. The lowest BCUT2D eigenvalue weighted by molar-refractivity contribution is -0.122. The number of rotatable bonds is 6. The van der Waals surface area contributed by atoms with Gasteiger partial charge in [0.25, 0.3) is 0 Å². The van der Waals surface area contributed by atoms with E-state index in [4.69, 9.17) is 5.73 Å². The first-order valence-electron chi connectivity index (χ1n) is 8.65. The molecule has 4 nitrogen and oxygen atoms in total. The van der Waals surface area contributed by atoms with Crippen LogP contribution in [0.3, 0.4) is 0 Å². The number of benzene rings is 2. The molecule has 1 saturated heterocycles. The molecule has 25 heavy (non-hydrogen) atoms. The van der Waals surface area contributed by atoms with Gasteiger partial charge in [0.05, 0.1) is 6.54 Å². The molecule has 2 aromatic rings. The summed E-state index contributed by atoms with van der Waals surface area (Å²) in [5.74, 6) is 0.316. The topological polar surface area (TPSA) is 58.4 Å². The highest BCUT2D eigenvalue weighted by Gasteiger charge is 2.33. The lowest BCUT2D eigenvalue weighted by Crippen LogP contribution is -2.36. The molecule has 0 unspecified atom stereocenters. The zero-order chi connectivity index (χ0) is 17.6. The largest absolute Gasteiger partial charge is 0.351 e. The second-order valence-electron chi connectivity index (χ2n) is 6.58. The molecule has 2 aromatic carbocycles.